The SMILES string of the molecule is CC1CN(S(=O)(=O)c2cc(Cl)cc(CCl)c2Cl)CCO1. The summed E-state index contributed by atoms with van der Waals surface area (Å²) in [5, 5.41) is 0.425. The maximum absolute atomic E-state index is 12.7. The first-order valence-electron chi connectivity index (χ1n) is 6.02. The van der Waals surface area contributed by atoms with Crippen LogP contribution >= 0.6 is 34.8 Å². The van der Waals surface area contributed by atoms with Crippen molar-refractivity contribution in [3.05, 3.63) is 27.7 Å². The third-order valence-corrected chi connectivity index (χ3v) is 6.00. The van der Waals surface area contributed by atoms with Gasteiger partial charge in [-0.1, -0.05) is 23.2 Å². The van der Waals surface area contributed by atoms with Crippen molar-refractivity contribution in [3.8, 4) is 0 Å². The molecule has 1 aliphatic heterocycles. The van der Waals surface area contributed by atoms with Crippen molar-refractivity contribution in [1.29, 1.82) is 0 Å². The zero-order chi connectivity index (χ0) is 14.9. The first-order valence-corrected chi connectivity index (χ1v) is 8.75. The van der Waals surface area contributed by atoms with Crippen LogP contribution in [0.3, 0.4) is 0 Å². The van der Waals surface area contributed by atoms with Gasteiger partial charge >= 0.3 is 0 Å². The Morgan fingerprint density at radius 2 is 2.10 bits per heavy atom. The van der Waals surface area contributed by atoms with Crippen molar-refractivity contribution in [3.63, 3.8) is 0 Å². The lowest BCUT2D eigenvalue weighted by atomic mass is 10.2. The van der Waals surface area contributed by atoms with E-state index in [1.165, 1.54) is 10.4 Å². The lowest BCUT2D eigenvalue weighted by molar-refractivity contribution is 0.0102. The number of ether oxygens (including phenoxy) is 1. The van der Waals surface area contributed by atoms with Gasteiger partial charge in [0.15, 0.2) is 0 Å². The predicted molar refractivity (Wildman–Crippen MR) is 80.2 cm³/mol. The highest BCUT2D eigenvalue weighted by Gasteiger charge is 2.31. The molecule has 0 bridgehead atoms. The molecule has 0 N–H and O–H groups in total. The number of hydrogen-bond acceptors (Lipinski definition) is 3. The Morgan fingerprint density at radius 1 is 1.40 bits per heavy atom. The van der Waals surface area contributed by atoms with Crippen molar-refractivity contribution in [2.75, 3.05) is 19.7 Å². The van der Waals surface area contributed by atoms with Crippen LogP contribution in [-0.4, -0.2) is 38.5 Å². The van der Waals surface area contributed by atoms with Crippen LogP contribution in [0.2, 0.25) is 10.0 Å². The van der Waals surface area contributed by atoms with Gasteiger partial charge in [0.05, 0.1) is 17.7 Å². The summed E-state index contributed by atoms with van der Waals surface area (Å²) in [6.07, 6.45) is -0.149. The molecule has 4 nitrogen and oxygen atoms in total. The predicted octanol–water partition coefficient (Wildman–Crippen LogP) is 3.14. The number of hydrogen-bond donors (Lipinski definition) is 0. The molecule has 1 heterocycles. The molecule has 1 aromatic carbocycles. The summed E-state index contributed by atoms with van der Waals surface area (Å²) in [6.45, 7) is 2.78. The summed E-state index contributed by atoms with van der Waals surface area (Å²) in [6, 6.07) is 2.92. The fraction of sp³-hybridized carbons (Fsp3) is 0.500. The third-order valence-electron chi connectivity index (χ3n) is 3.04. The van der Waals surface area contributed by atoms with Crippen LogP contribution in [0.1, 0.15) is 12.5 Å². The smallest absolute Gasteiger partial charge is 0.244 e. The average molecular weight is 359 g/mol. The topological polar surface area (TPSA) is 46.6 Å². The normalized spacial score (nSPS) is 21.1. The molecule has 20 heavy (non-hydrogen) atoms. The molecule has 0 amide bonds. The molecule has 0 radical (unpaired) electrons. The fourth-order valence-electron chi connectivity index (χ4n) is 2.05. The molecule has 1 fully saturated rings. The van der Waals surface area contributed by atoms with Gasteiger partial charge in [-0.05, 0) is 24.6 Å². The molecular weight excluding hydrogens is 345 g/mol. The van der Waals surface area contributed by atoms with E-state index >= 15 is 0 Å². The maximum atomic E-state index is 12.7. The fourth-order valence-corrected chi connectivity index (χ4v) is 4.73. The highest BCUT2D eigenvalue weighted by atomic mass is 35.5. The molecule has 2 rings (SSSR count). The Morgan fingerprint density at radius 3 is 2.70 bits per heavy atom. The van der Waals surface area contributed by atoms with Gasteiger partial charge in [-0.3, -0.25) is 0 Å². The second-order valence-corrected chi connectivity index (χ2v) is 7.54. The lowest BCUT2D eigenvalue weighted by Gasteiger charge is -2.30. The van der Waals surface area contributed by atoms with Crippen LogP contribution in [0.5, 0.6) is 0 Å². The van der Waals surface area contributed by atoms with Gasteiger partial charge in [-0.25, -0.2) is 8.42 Å². The Hall–Kier alpha value is -0.0400. The monoisotopic (exact) mass is 357 g/mol. The molecule has 8 heteroatoms. The standard InChI is InChI=1S/C12H14Cl3NO3S/c1-8-7-16(2-3-19-8)20(17,18)11-5-10(14)4-9(6-13)12(11)15/h4-5,8H,2-3,6-7H2,1H3. The number of morpholine rings is 1. The van der Waals surface area contributed by atoms with Gasteiger partial charge in [0.1, 0.15) is 4.90 Å². The minimum absolute atomic E-state index is 0.00332. The number of nitrogens with zero attached hydrogens (tertiary/aromatic N) is 1. The Balaban J connectivity index is 2.46. The minimum atomic E-state index is -3.70. The van der Waals surface area contributed by atoms with Crippen LogP contribution in [-0.2, 0) is 20.6 Å². The van der Waals surface area contributed by atoms with E-state index in [2.05, 4.69) is 0 Å². The summed E-state index contributed by atoms with van der Waals surface area (Å²) >= 11 is 17.9. The van der Waals surface area contributed by atoms with E-state index in [1.807, 2.05) is 6.92 Å². The Labute approximate surface area is 133 Å². The molecule has 1 aliphatic rings. The Kier molecular flexibility index (Phi) is 5.21. The third kappa shape index (κ3) is 3.24. The lowest BCUT2D eigenvalue weighted by Crippen LogP contribution is -2.44. The van der Waals surface area contributed by atoms with Crippen molar-refractivity contribution in [1.82, 2.24) is 4.31 Å². The largest absolute Gasteiger partial charge is 0.376 e. The number of sulfonamides is 1. The van der Waals surface area contributed by atoms with E-state index in [9.17, 15) is 8.42 Å². The molecule has 1 saturated heterocycles. The van der Waals surface area contributed by atoms with E-state index in [1.54, 1.807) is 6.07 Å². The van der Waals surface area contributed by atoms with Gasteiger partial charge in [0, 0.05) is 24.0 Å². The molecular formula is C12H14Cl3NO3S. The Bertz CT molecular complexity index is 606. The van der Waals surface area contributed by atoms with E-state index in [-0.39, 0.29) is 21.9 Å². The van der Waals surface area contributed by atoms with E-state index < -0.39 is 10.0 Å². The van der Waals surface area contributed by atoms with Crippen molar-refractivity contribution >= 4 is 44.8 Å². The summed E-state index contributed by atoms with van der Waals surface area (Å²) in [7, 11) is -3.70. The van der Waals surface area contributed by atoms with Gasteiger partial charge in [0.2, 0.25) is 10.0 Å². The molecule has 0 aliphatic carbocycles. The molecule has 0 saturated carbocycles. The minimum Gasteiger partial charge on any atom is -0.376 e. The zero-order valence-corrected chi connectivity index (χ0v) is 13.9. The number of halogens is 3. The van der Waals surface area contributed by atoms with Crippen molar-refractivity contribution in [2.45, 2.75) is 23.8 Å². The molecule has 112 valence electrons. The first kappa shape index (κ1) is 16.3. The quantitative estimate of drug-likeness (QED) is 0.780. The highest BCUT2D eigenvalue weighted by molar-refractivity contribution is 7.89. The number of benzene rings is 1. The van der Waals surface area contributed by atoms with Crippen molar-refractivity contribution < 1.29 is 13.2 Å². The van der Waals surface area contributed by atoms with E-state index in [0.29, 0.717) is 30.3 Å². The summed E-state index contributed by atoms with van der Waals surface area (Å²) in [5.74, 6) is 0.0986. The summed E-state index contributed by atoms with van der Waals surface area (Å²) in [4.78, 5) is -0.00332. The van der Waals surface area contributed by atoms with E-state index in [0.717, 1.165) is 0 Å². The van der Waals surface area contributed by atoms with Crippen LogP contribution in [0.15, 0.2) is 17.0 Å². The van der Waals surface area contributed by atoms with Crippen LogP contribution in [0.25, 0.3) is 0 Å². The molecule has 1 unspecified atom stereocenters. The second kappa shape index (κ2) is 6.38. The first-order chi connectivity index (χ1) is 9.36. The van der Waals surface area contributed by atoms with Crippen LogP contribution in [0, 0.1) is 0 Å². The number of alkyl halides is 1. The maximum Gasteiger partial charge on any atom is 0.244 e. The van der Waals surface area contributed by atoms with Gasteiger partial charge < -0.3 is 4.74 Å². The van der Waals surface area contributed by atoms with Crippen molar-refractivity contribution in [2.24, 2.45) is 0 Å². The molecule has 0 spiro atoms. The van der Waals surface area contributed by atoms with Gasteiger partial charge in [0.25, 0.3) is 0 Å². The van der Waals surface area contributed by atoms with Crippen LogP contribution < -0.4 is 0 Å². The molecule has 0 aromatic heterocycles. The van der Waals surface area contributed by atoms with Gasteiger partial charge in [-0.15, -0.1) is 11.6 Å². The summed E-state index contributed by atoms with van der Waals surface area (Å²) in [5.41, 5.74) is 0.501. The average Bonchev–Trinajstić information content (AvgIpc) is 2.40. The van der Waals surface area contributed by atoms with Gasteiger partial charge in [-0.2, -0.15) is 4.31 Å². The van der Waals surface area contributed by atoms with Crippen LogP contribution in [0.4, 0.5) is 0 Å². The second-order valence-electron chi connectivity index (χ2n) is 4.56. The zero-order valence-electron chi connectivity index (χ0n) is 10.8. The van der Waals surface area contributed by atoms with E-state index in [4.69, 9.17) is 39.5 Å². The molecule has 1 aromatic rings. The molecule has 1 atom stereocenters. The highest BCUT2D eigenvalue weighted by Crippen LogP contribution is 2.32. The summed E-state index contributed by atoms with van der Waals surface area (Å²) < 4.78 is 32.0. The number of rotatable bonds is 3.